The van der Waals surface area contributed by atoms with Crippen LogP contribution in [0.15, 0.2) is 11.1 Å². The topological polar surface area (TPSA) is 37.3 Å². The van der Waals surface area contributed by atoms with E-state index in [-0.39, 0.29) is 6.42 Å². The molecule has 1 N–H and O–H groups in total. The van der Waals surface area contributed by atoms with Gasteiger partial charge in [0.15, 0.2) is 0 Å². The van der Waals surface area contributed by atoms with Gasteiger partial charge in [-0.3, -0.25) is 4.79 Å². The summed E-state index contributed by atoms with van der Waals surface area (Å²) in [5.41, 5.74) is -6.81. The third-order valence-electron chi connectivity index (χ3n) is 4.10. The standard InChI is InChI=1S/C12H12ClF7O2/c1-9(2)5(3-6(9)8(21)22)4-7(13)10(14,11(15,16)17)12(18,19)20/h4-6H,3H2,1-2H3,(H,21,22). The molecule has 1 aliphatic carbocycles. The van der Waals surface area contributed by atoms with E-state index in [2.05, 4.69) is 0 Å². The zero-order valence-electron chi connectivity index (χ0n) is 11.3. The average Bonchev–Trinajstić information content (AvgIpc) is 2.28. The Bertz CT molecular complexity index is 479. The minimum atomic E-state index is -6.28. The SMILES string of the molecule is CC1(C)C(C=C(Cl)C(F)(C(F)(F)F)C(F)(F)F)CC1C(=O)O. The normalized spacial score (nSPS) is 26.5. The summed E-state index contributed by atoms with van der Waals surface area (Å²) in [6.45, 7) is 2.70. The highest BCUT2D eigenvalue weighted by molar-refractivity contribution is 6.30. The lowest BCUT2D eigenvalue weighted by atomic mass is 9.54. The van der Waals surface area contributed by atoms with E-state index in [0.717, 1.165) is 0 Å². The lowest BCUT2D eigenvalue weighted by Crippen LogP contribution is -2.54. The van der Waals surface area contributed by atoms with E-state index >= 15 is 0 Å². The summed E-state index contributed by atoms with van der Waals surface area (Å²) < 4.78 is 88.7. The molecule has 0 heterocycles. The van der Waals surface area contributed by atoms with Crippen molar-refractivity contribution in [2.24, 2.45) is 17.3 Å². The molecule has 0 saturated heterocycles. The fourth-order valence-electron chi connectivity index (χ4n) is 2.38. The first-order valence-corrected chi connectivity index (χ1v) is 6.37. The van der Waals surface area contributed by atoms with Crippen LogP contribution in [-0.2, 0) is 4.79 Å². The van der Waals surface area contributed by atoms with Gasteiger partial charge >= 0.3 is 24.0 Å². The van der Waals surface area contributed by atoms with Gasteiger partial charge in [0.25, 0.3) is 0 Å². The molecule has 0 spiro atoms. The number of alkyl halides is 7. The first kappa shape index (κ1) is 19.1. The van der Waals surface area contributed by atoms with Crippen LogP contribution in [-0.4, -0.2) is 29.1 Å². The Morgan fingerprint density at radius 1 is 1.14 bits per heavy atom. The van der Waals surface area contributed by atoms with E-state index in [4.69, 9.17) is 16.7 Å². The van der Waals surface area contributed by atoms with Crippen LogP contribution in [0.3, 0.4) is 0 Å². The highest BCUT2D eigenvalue weighted by atomic mass is 35.5. The molecule has 0 radical (unpaired) electrons. The second kappa shape index (κ2) is 5.28. The van der Waals surface area contributed by atoms with Gasteiger partial charge in [0.1, 0.15) is 0 Å². The third-order valence-corrected chi connectivity index (χ3v) is 4.49. The molecule has 2 atom stereocenters. The highest BCUT2D eigenvalue weighted by Crippen LogP contribution is 2.56. The van der Waals surface area contributed by atoms with Crippen molar-refractivity contribution in [1.29, 1.82) is 0 Å². The van der Waals surface area contributed by atoms with Crippen LogP contribution in [0, 0.1) is 17.3 Å². The Morgan fingerprint density at radius 2 is 1.55 bits per heavy atom. The van der Waals surface area contributed by atoms with Crippen LogP contribution in [0.4, 0.5) is 30.7 Å². The van der Waals surface area contributed by atoms with Crippen molar-refractivity contribution < 1.29 is 40.6 Å². The largest absolute Gasteiger partial charge is 0.481 e. The maximum Gasteiger partial charge on any atom is 0.436 e. The Kier molecular flexibility index (Phi) is 4.57. The molecule has 0 aromatic carbocycles. The Labute approximate surface area is 125 Å². The van der Waals surface area contributed by atoms with Crippen LogP contribution in [0.25, 0.3) is 0 Å². The highest BCUT2D eigenvalue weighted by Gasteiger charge is 2.74. The van der Waals surface area contributed by atoms with Crippen LogP contribution >= 0.6 is 11.6 Å². The van der Waals surface area contributed by atoms with Gasteiger partial charge in [0, 0.05) is 0 Å². The van der Waals surface area contributed by atoms with E-state index in [1.54, 1.807) is 0 Å². The lowest BCUT2D eigenvalue weighted by Gasteiger charge is -2.49. The Balaban J connectivity index is 3.19. The monoisotopic (exact) mass is 356 g/mol. The minimum absolute atomic E-state index is 0.218. The molecule has 0 aromatic heterocycles. The number of carbonyl (C=O) groups is 1. The lowest BCUT2D eigenvalue weighted by molar-refractivity contribution is -0.324. The van der Waals surface area contributed by atoms with Gasteiger partial charge in [-0.1, -0.05) is 31.5 Å². The summed E-state index contributed by atoms with van der Waals surface area (Å²) in [5.74, 6) is -3.20. The number of carboxylic acids is 1. The van der Waals surface area contributed by atoms with Crippen molar-refractivity contribution in [1.82, 2.24) is 0 Å². The summed E-state index contributed by atoms with van der Waals surface area (Å²) in [4.78, 5) is 10.9. The maximum absolute atomic E-state index is 13.7. The van der Waals surface area contributed by atoms with Crippen molar-refractivity contribution in [3.05, 3.63) is 11.1 Å². The van der Waals surface area contributed by atoms with Gasteiger partial charge in [-0.05, 0) is 17.8 Å². The van der Waals surface area contributed by atoms with Crippen molar-refractivity contribution in [3.8, 4) is 0 Å². The van der Waals surface area contributed by atoms with Gasteiger partial charge in [-0.25, -0.2) is 4.39 Å². The number of rotatable bonds is 3. The van der Waals surface area contributed by atoms with Crippen LogP contribution in [0.2, 0.25) is 0 Å². The van der Waals surface area contributed by atoms with Gasteiger partial charge in [0.05, 0.1) is 11.0 Å². The van der Waals surface area contributed by atoms with Gasteiger partial charge in [-0.15, -0.1) is 0 Å². The number of allylic oxidation sites excluding steroid dienone is 2. The number of aliphatic carboxylic acids is 1. The number of halogens is 8. The predicted molar refractivity (Wildman–Crippen MR) is 62.9 cm³/mol. The molecule has 2 unspecified atom stereocenters. The average molecular weight is 357 g/mol. The Hall–Kier alpha value is -0.990. The Morgan fingerprint density at radius 3 is 1.82 bits per heavy atom. The van der Waals surface area contributed by atoms with E-state index in [1.165, 1.54) is 13.8 Å². The van der Waals surface area contributed by atoms with Crippen molar-refractivity contribution in [3.63, 3.8) is 0 Å². The van der Waals surface area contributed by atoms with Crippen LogP contribution < -0.4 is 0 Å². The van der Waals surface area contributed by atoms with E-state index in [9.17, 15) is 35.5 Å². The molecule has 1 fully saturated rings. The summed E-state index contributed by atoms with van der Waals surface area (Å²) >= 11 is 5.02. The molecule has 128 valence electrons. The molecule has 0 aliphatic heterocycles. The molecule has 1 saturated carbocycles. The summed E-state index contributed by atoms with van der Waals surface area (Å²) in [6, 6.07) is 0. The van der Waals surface area contributed by atoms with Crippen molar-refractivity contribution in [2.45, 2.75) is 38.3 Å². The number of carboxylic acid groups (broad SMARTS) is 1. The molecule has 1 rings (SSSR count). The molecule has 0 bridgehead atoms. The third kappa shape index (κ3) is 2.79. The van der Waals surface area contributed by atoms with E-state index in [1.807, 2.05) is 0 Å². The molecule has 1 aliphatic rings. The molecule has 0 aromatic rings. The van der Waals surface area contributed by atoms with Crippen molar-refractivity contribution in [2.75, 3.05) is 0 Å². The maximum atomic E-state index is 13.7. The van der Waals surface area contributed by atoms with Crippen LogP contribution in [0.5, 0.6) is 0 Å². The molecule has 0 amide bonds. The van der Waals surface area contributed by atoms with Gasteiger partial charge in [0.2, 0.25) is 0 Å². The smallest absolute Gasteiger partial charge is 0.436 e. The fourth-order valence-corrected chi connectivity index (χ4v) is 2.75. The second-order valence-electron chi connectivity index (χ2n) is 5.72. The number of hydrogen-bond donors (Lipinski definition) is 1. The first-order valence-electron chi connectivity index (χ1n) is 5.99. The minimum Gasteiger partial charge on any atom is -0.481 e. The predicted octanol–water partition coefficient (Wildman–Crippen LogP) is 4.69. The molecule has 22 heavy (non-hydrogen) atoms. The molecular weight excluding hydrogens is 345 g/mol. The zero-order chi connectivity index (χ0) is 17.7. The fraction of sp³-hybridized carbons (Fsp3) is 0.750. The van der Waals surface area contributed by atoms with Crippen molar-refractivity contribution >= 4 is 17.6 Å². The van der Waals surface area contributed by atoms with E-state index < -0.39 is 46.3 Å². The van der Waals surface area contributed by atoms with E-state index in [0.29, 0.717) is 6.08 Å². The number of hydrogen-bond acceptors (Lipinski definition) is 1. The quantitative estimate of drug-likeness (QED) is 0.745. The zero-order valence-corrected chi connectivity index (χ0v) is 12.1. The van der Waals surface area contributed by atoms with Crippen LogP contribution in [0.1, 0.15) is 20.3 Å². The van der Waals surface area contributed by atoms with Gasteiger partial charge < -0.3 is 5.11 Å². The second-order valence-corrected chi connectivity index (χ2v) is 6.13. The summed E-state index contributed by atoms with van der Waals surface area (Å²) in [7, 11) is 0. The van der Waals surface area contributed by atoms with Gasteiger partial charge in [-0.2, -0.15) is 26.3 Å². The molecular formula is C12H12ClF7O2. The first-order chi connectivity index (χ1) is 9.56. The molecule has 10 heteroatoms. The molecule has 2 nitrogen and oxygen atoms in total. The summed E-state index contributed by atoms with van der Waals surface area (Å²) in [6.07, 6.45) is -12.5. The summed E-state index contributed by atoms with van der Waals surface area (Å²) in [5, 5.41) is 6.80.